The van der Waals surface area contributed by atoms with E-state index in [9.17, 15) is 4.79 Å². The van der Waals surface area contributed by atoms with Gasteiger partial charge in [-0.05, 0) is 24.3 Å². The van der Waals surface area contributed by atoms with Crippen LogP contribution in [0.3, 0.4) is 0 Å². The molecule has 4 heteroatoms. The number of rotatable bonds is 4. The van der Waals surface area contributed by atoms with Crippen LogP contribution in [-0.2, 0) is 20.9 Å². The Balaban J connectivity index is 1.95. The summed E-state index contributed by atoms with van der Waals surface area (Å²) in [5.41, 5.74) is 0. The molecule has 1 aliphatic rings. The zero-order valence-electron chi connectivity index (χ0n) is 7.88. The van der Waals surface area contributed by atoms with Crippen LogP contribution < -0.4 is 0 Å². The highest BCUT2D eigenvalue weighted by Gasteiger charge is 2.18. The monoisotopic (exact) mass is 205 g/mol. The van der Waals surface area contributed by atoms with Crippen molar-refractivity contribution in [2.75, 3.05) is 0 Å². The molecule has 1 aromatic rings. The average molecular weight is 205 g/mol. The summed E-state index contributed by atoms with van der Waals surface area (Å²) in [4.78, 5) is 10.5. The molecule has 2 heterocycles. The molecule has 0 spiro atoms. The molecule has 1 unspecified atom stereocenters. The molecule has 1 aliphatic heterocycles. The van der Waals surface area contributed by atoms with Crippen LogP contribution in [0.25, 0.3) is 0 Å². The lowest BCUT2D eigenvalue weighted by atomic mass is 10.2. The van der Waals surface area contributed by atoms with Gasteiger partial charge in [0.25, 0.3) is 6.29 Å². The van der Waals surface area contributed by atoms with E-state index in [1.54, 1.807) is 36.8 Å². The number of allylic oxidation sites excluding steroid dienone is 2. The molecule has 0 saturated heterocycles. The van der Waals surface area contributed by atoms with Crippen molar-refractivity contribution < 1.29 is 18.7 Å². The summed E-state index contributed by atoms with van der Waals surface area (Å²) in [5, 5.41) is 0. The Bertz CT molecular complexity index is 375. The smallest absolute Gasteiger partial charge is 0.251 e. The fraction of sp³-hybridized carbons (Fsp3) is 0.182. The van der Waals surface area contributed by atoms with Crippen molar-refractivity contribution in [1.29, 1.82) is 0 Å². The van der Waals surface area contributed by atoms with Crippen molar-refractivity contribution in [3.05, 3.63) is 48.3 Å². The van der Waals surface area contributed by atoms with Gasteiger partial charge in [-0.15, -0.1) is 0 Å². The molecule has 0 aliphatic carbocycles. The van der Waals surface area contributed by atoms with E-state index in [0.29, 0.717) is 11.5 Å². The van der Waals surface area contributed by atoms with Gasteiger partial charge >= 0.3 is 0 Å². The van der Waals surface area contributed by atoms with Gasteiger partial charge in [0.1, 0.15) is 18.1 Å². The van der Waals surface area contributed by atoms with Crippen LogP contribution in [0.15, 0.2) is 47.0 Å². The van der Waals surface area contributed by atoms with E-state index in [0.717, 1.165) is 0 Å². The Morgan fingerprint density at radius 3 is 3.20 bits per heavy atom. The summed E-state index contributed by atoms with van der Waals surface area (Å²) in [7, 11) is 0. The molecule has 15 heavy (non-hydrogen) atoms. The summed E-state index contributed by atoms with van der Waals surface area (Å²) in [6, 6.07) is 3.56. The third kappa shape index (κ3) is 2.28. The van der Waals surface area contributed by atoms with Crippen LogP contribution in [0, 0.1) is 0 Å². The van der Waals surface area contributed by atoms with Crippen molar-refractivity contribution in [1.82, 2.24) is 0 Å². The topological polar surface area (TPSA) is 48.7 Å². The van der Waals surface area contributed by atoms with E-state index in [2.05, 4.69) is 0 Å². The standard InChI is InChI=1S/C11H9O4/c12-7-11-10(4-2-6-14-11)15-8-9-3-1-5-13-9/h1-6,11H,8H2. The molecular weight excluding hydrogens is 196 g/mol. The molecule has 1 radical (unpaired) electrons. The molecule has 77 valence electrons. The van der Waals surface area contributed by atoms with Crippen LogP contribution in [-0.4, -0.2) is 12.4 Å². The molecule has 0 fully saturated rings. The molecule has 2 rings (SSSR count). The molecular formula is C11H9O4. The first-order chi connectivity index (χ1) is 7.40. The predicted octanol–water partition coefficient (Wildman–Crippen LogP) is 1.70. The lowest BCUT2D eigenvalue weighted by molar-refractivity contribution is 0.101. The van der Waals surface area contributed by atoms with E-state index in [1.165, 1.54) is 6.26 Å². The van der Waals surface area contributed by atoms with Gasteiger partial charge in [0.15, 0.2) is 0 Å². The van der Waals surface area contributed by atoms with E-state index in [4.69, 9.17) is 13.9 Å². The summed E-state index contributed by atoms with van der Waals surface area (Å²) in [6.07, 6.45) is 7.28. The SMILES string of the molecule is O=[C]C1OC=CC=C1OCc1ccco1. The van der Waals surface area contributed by atoms with Crippen LogP contribution >= 0.6 is 0 Å². The Morgan fingerprint density at radius 1 is 1.53 bits per heavy atom. The Hall–Kier alpha value is -1.97. The lowest BCUT2D eigenvalue weighted by Gasteiger charge is -2.16. The van der Waals surface area contributed by atoms with Gasteiger partial charge in [0.05, 0.1) is 12.5 Å². The number of ether oxygens (including phenoxy) is 2. The van der Waals surface area contributed by atoms with Gasteiger partial charge in [-0.3, -0.25) is 4.79 Å². The number of hydrogen-bond acceptors (Lipinski definition) is 4. The second-order valence-electron chi connectivity index (χ2n) is 2.90. The molecule has 0 amide bonds. The van der Waals surface area contributed by atoms with Gasteiger partial charge in [0, 0.05) is 0 Å². The van der Waals surface area contributed by atoms with Gasteiger partial charge in [0.2, 0.25) is 6.10 Å². The maximum atomic E-state index is 10.5. The van der Waals surface area contributed by atoms with Crippen LogP contribution in [0.5, 0.6) is 0 Å². The minimum absolute atomic E-state index is 0.272. The predicted molar refractivity (Wildman–Crippen MR) is 51.3 cm³/mol. The van der Waals surface area contributed by atoms with Crippen molar-refractivity contribution in [3.8, 4) is 0 Å². The molecule has 0 N–H and O–H groups in total. The highest BCUT2D eigenvalue weighted by atomic mass is 16.5. The van der Waals surface area contributed by atoms with E-state index >= 15 is 0 Å². The summed E-state index contributed by atoms with van der Waals surface area (Å²) in [6.45, 7) is 0.272. The first-order valence-corrected chi connectivity index (χ1v) is 4.45. The summed E-state index contributed by atoms with van der Waals surface area (Å²) < 4.78 is 15.4. The fourth-order valence-corrected chi connectivity index (χ4v) is 1.17. The van der Waals surface area contributed by atoms with Crippen LogP contribution in [0.1, 0.15) is 5.76 Å². The molecule has 1 aromatic heterocycles. The first-order valence-electron chi connectivity index (χ1n) is 4.45. The Morgan fingerprint density at radius 2 is 2.47 bits per heavy atom. The van der Waals surface area contributed by atoms with Gasteiger partial charge in [-0.2, -0.15) is 0 Å². The molecule has 1 atom stereocenters. The third-order valence-electron chi connectivity index (χ3n) is 1.88. The second kappa shape index (κ2) is 4.50. The minimum Gasteiger partial charge on any atom is -0.486 e. The van der Waals surface area contributed by atoms with Crippen molar-refractivity contribution in [2.45, 2.75) is 12.7 Å². The zero-order chi connectivity index (χ0) is 10.5. The minimum atomic E-state index is -0.773. The van der Waals surface area contributed by atoms with Gasteiger partial charge in [-0.1, -0.05) is 0 Å². The van der Waals surface area contributed by atoms with E-state index in [1.807, 2.05) is 0 Å². The second-order valence-corrected chi connectivity index (χ2v) is 2.90. The van der Waals surface area contributed by atoms with Crippen molar-refractivity contribution in [3.63, 3.8) is 0 Å². The van der Waals surface area contributed by atoms with Crippen LogP contribution in [0.2, 0.25) is 0 Å². The lowest BCUT2D eigenvalue weighted by Crippen LogP contribution is -2.18. The van der Waals surface area contributed by atoms with E-state index in [-0.39, 0.29) is 6.61 Å². The maximum Gasteiger partial charge on any atom is 0.251 e. The number of carbonyl (C=O) groups excluding carboxylic acids is 1. The van der Waals surface area contributed by atoms with E-state index < -0.39 is 6.10 Å². The van der Waals surface area contributed by atoms with Crippen molar-refractivity contribution >= 4 is 6.29 Å². The van der Waals surface area contributed by atoms with Gasteiger partial charge in [-0.25, -0.2) is 0 Å². The fourth-order valence-electron chi connectivity index (χ4n) is 1.17. The molecule has 0 aromatic carbocycles. The summed E-state index contributed by atoms with van der Waals surface area (Å²) in [5.74, 6) is 1.12. The highest BCUT2D eigenvalue weighted by Crippen LogP contribution is 2.15. The Labute approximate surface area is 86.8 Å². The normalized spacial score (nSPS) is 19.2. The Kier molecular flexibility index (Phi) is 2.88. The average Bonchev–Trinajstić information content (AvgIpc) is 2.79. The number of hydrogen-bond donors (Lipinski definition) is 0. The quantitative estimate of drug-likeness (QED) is 0.750. The maximum absolute atomic E-state index is 10.5. The largest absolute Gasteiger partial charge is 0.486 e. The third-order valence-corrected chi connectivity index (χ3v) is 1.88. The molecule has 0 saturated carbocycles. The number of furan rings is 1. The zero-order valence-corrected chi connectivity index (χ0v) is 7.88. The molecule has 4 nitrogen and oxygen atoms in total. The summed E-state index contributed by atoms with van der Waals surface area (Å²) >= 11 is 0. The molecule has 0 bridgehead atoms. The van der Waals surface area contributed by atoms with Crippen LogP contribution in [0.4, 0.5) is 0 Å². The van der Waals surface area contributed by atoms with Crippen molar-refractivity contribution in [2.24, 2.45) is 0 Å². The highest BCUT2D eigenvalue weighted by molar-refractivity contribution is 5.62. The first kappa shape index (κ1) is 9.58. The van der Waals surface area contributed by atoms with Gasteiger partial charge < -0.3 is 13.9 Å².